The highest BCUT2D eigenvalue weighted by Gasteiger charge is 2.41. The van der Waals surface area contributed by atoms with Crippen molar-refractivity contribution in [1.29, 1.82) is 5.26 Å². The summed E-state index contributed by atoms with van der Waals surface area (Å²) >= 11 is 1.16. The van der Waals surface area contributed by atoms with Gasteiger partial charge in [-0.1, -0.05) is 12.1 Å². The van der Waals surface area contributed by atoms with E-state index in [1.807, 2.05) is 0 Å². The van der Waals surface area contributed by atoms with Crippen molar-refractivity contribution in [2.75, 3.05) is 25.9 Å². The van der Waals surface area contributed by atoms with Gasteiger partial charge >= 0.3 is 13.8 Å². The van der Waals surface area contributed by atoms with Gasteiger partial charge in [-0.2, -0.15) is 23.5 Å². The molecule has 0 unspecified atom stereocenters. The maximum absolute atomic E-state index is 15.6. The van der Waals surface area contributed by atoms with Gasteiger partial charge in [-0.15, -0.1) is 11.3 Å². The van der Waals surface area contributed by atoms with E-state index in [0.29, 0.717) is 20.9 Å². The van der Waals surface area contributed by atoms with E-state index in [1.54, 1.807) is 27.7 Å². The van der Waals surface area contributed by atoms with E-state index >= 15 is 4.39 Å². The Morgan fingerprint density at radius 2 is 1.93 bits per heavy atom. The number of nitrogens with zero attached hydrogens (tertiary/aromatic N) is 4. The lowest BCUT2D eigenvalue weighted by Crippen LogP contribution is -2.40. The Bertz CT molecular complexity index is 1530. The molecule has 0 aliphatic carbocycles. The number of benzene rings is 1. The molecule has 2 aromatic heterocycles. The van der Waals surface area contributed by atoms with E-state index in [-0.39, 0.29) is 44.0 Å². The number of thiophene rings is 1. The third kappa shape index (κ3) is 6.11. The molecule has 0 spiro atoms. The second-order valence-corrected chi connectivity index (χ2v) is 12.5. The molecule has 1 atom stereocenters. The largest absolute Gasteiger partial charge is 0.435 e. The summed E-state index contributed by atoms with van der Waals surface area (Å²) in [5.41, 5.74) is -0.408. The van der Waals surface area contributed by atoms with Crippen LogP contribution in [0, 0.1) is 24.1 Å². The van der Waals surface area contributed by atoms with E-state index < -0.39 is 48.8 Å². The number of aromatic nitrogens is 2. The molecular formula is C27H29F4N4O4PS. The van der Waals surface area contributed by atoms with Gasteiger partial charge in [-0.3, -0.25) is 14.0 Å². The predicted octanol–water partition coefficient (Wildman–Crippen LogP) is 6.71. The van der Waals surface area contributed by atoms with Gasteiger partial charge in [0.15, 0.2) is 5.69 Å². The van der Waals surface area contributed by atoms with Gasteiger partial charge in [0, 0.05) is 41.2 Å². The number of alkyl halides is 3. The van der Waals surface area contributed by atoms with Crippen molar-refractivity contribution < 1.29 is 36.0 Å². The van der Waals surface area contributed by atoms with E-state index in [4.69, 9.17) is 9.05 Å². The summed E-state index contributed by atoms with van der Waals surface area (Å²) in [5.74, 6) is -2.21. The number of nitriles is 1. The van der Waals surface area contributed by atoms with Gasteiger partial charge < -0.3 is 13.9 Å². The molecule has 0 radical (unpaired) electrons. The molecule has 14 heteroatoms. The van der Waals surface area contributed by atoms with Crippen molar-refractivity contribution in [3.05, 3.63) is 62.4 Å². The van der Waals surface area contributed by atoms with Crippen molar-refractivity contribution in [3.63, 3.8) is 0 Å². The highest BCUT2D eigenvalue weighted by atomic mass is 32.1. The molecule has 0 bridgehead atoms. The van der Waals surface area contributed by atoms with Crippen LogP contribution in [0.2, 0.25) is 0 Å². The Morgan fingerprint density at radius 3 is 2.51 bits per heavy atom. The van der Waals surface area contributed by atoms with Gasteiger partial charge in [-0.25, -0.2) is 4.39 Å². The third-order valence-corrected chi connectivity index (χ3v) is 9.99. The molecule has 1 aliphatic rings. The van der Waals surface area contributed by atoms with Crippen molar-refractivity contribution in [2.24, 2.45) is 0 Å². The van der Waals surface area contributed by atoms with Crippen LogP contribution in [0.25, 0.3) is 11.1 Å². The minimum Gasteiger partial charge on any atom is -0.336 e. The van der Waals surface area contributed by atoms with E-state index in [2.05, 4.69) is 11.2 Å². The van der Waals surface area contributed by atoms with Crippen LogP contribution in [0.1, 0.15) is 58.8 Å². The zero-order chi connectivity index (χ0) is 30.1. The normalized spacial score (nSPS) is 15.6. The summed E-state index contributed by atoms with van der Waals surface area (Å²) in [6.07, 6.45) is -4.22. The number of carbonyl (C=O) groups is 1. The van der Waals surface area contributed by atoms with Crippen LogP contribution in [-0.2, 0) is 37.7 Å². The first-order valence-corrected chi connectivity index (χ1v) is 15.5. The number of carbonyl (C=O) groups excluding carboxylic acids is 1. The Labute approximate surface area is 239 Å². The fourth-order valence-corrected chi connectivity index (χ4v) is 7.89. The van der Waals surface area contributed by atoms with Gasteiger partial charge in [0.25, 0.3) is 0 Å². The van der Waals surface area contributed by atoms with E-state index in [9.17, 15) is 27.8 Å². The molecule has 0 saturated heterocycles. The Morgan fingerprint density at radius 1 is 1.24 bits per heavy atom. The summed E-state index contributed by atoms with van der Waals surface area (Å²) in [6, 6.07) is 6.14. The topological polar surface area (TPSA) is 97.5 Å². The molecule has 0 fully saturated rings. The van der Waals surface area contributed by atoms with Crippen LogP contribution < -0.4 is 0 Å². The summed E-state index contributed by atoms with van der Waals surface area (Å²) in [7, 11) is -3.76. The molecule has 220 valence electrons. The summed E-state index contributed by atoms with van der Waals surface area (Å²) in [6.45, 7) is 6.89. The second kappa shape index (κ2) is 12.1. The average molecular weight is 613 g/mol. The molecule has 1 aliphatic heterocycles. The molecule has 41 heavy (non-hydrogen) atoms. The first-order valence-electron chi connectivity index (χ1n) is 13.0. The van der Waals surface area contributed by atoms with Crippen molar-refractivity contribution in [2.45, 2.75) is 52.9 Å². The molecule has 1 aromatic carbocycles. The maximum atomic E-state index is 15.6. The third-order valence-electron chi connectivity index (χ3n) is 6.84. The molecular weight excluding hydrogens is 583 g/mol. The smallest absolute Gasteiger partial charge is 0.336 e. The van der Waals surface area contributed by atoms with Crippen LogP contribution >= 0.6 is 18.9 Å². The Balaban J connectivity index is 1.88. The summed E-state index contributed by atoms with van der Waals surface area (Å²) in [4.78, 5) is 15.9. The SMILES string of the molecule is CCOP(=O)(CC(=O)N1Cc2sc(C#N)c(C)c2[C@H](c2cccc(F)c2-c2cn(CC)nc2C(F)(F)F)C1)OCC. The maximum Gasteiger partial charge on any atom is 0.435 e. The molecule has 4 rings (SSSR count). The number of amides is 1. The van der Waals surface area contributed by atoms with Gasteiger partial charge in [0.2, 0.25) is 5.91 Å². The van der Waals surface area contributed by atoms with Crippen LogP contribution in [0.5, 0.6) is 0 Å². The standard InChI is InChI=1S/C27H29F4N4O4PS/c1-5-35-13-19(26(33-35)27(29,30)31)25-17(9-8-10-20(25)28)18-12-34(14-22-24(18)16(4)21(11-32)41-22)23(36)15-40(37,38-6-2)39-7-3/h8-10,13,18H,5-7,12,14-15H2,1-4H3/t18-/m0/s1. The first kappa shape index (κ1) is 30.9. The molecule has 8 nitrogen and oxygen atoms in total. The number of rotatable bonds is 9. The Kier molecular flexibility index (Phi) is 9.09. The van der Waals surface area contributed by atoms with Gasteiger partial charge in [-0.05, 0) is 50.5 Å². The molecule has 1 amide bonds. The van der Waals surface area contributed by atoms with Gasteiger partial charge in [0.05, 0.1) is 19.8 Å². The first-order chi connectivity index (χ1) is 19.4. The highest BCUT2D eigenvalue weighted by molar-refractivity contribution is 7.54. The van der Waals surface area contributed by atoms with E-state index in [0.717, 1.165) is 22.1 Å². The number of fused-ring (bicyclic) bond motifs is 1. The van der Waals surface area contributed by atoms with Crippen molar-refractivity contribution >= 4 is 24.8 Å². The number of hydrogen-bond donors (Lipinski definition) is 0. The highest BCUT2D eigenvalue weighted by Crippen LogP contribution is 2.50. The van der Waals surface area contributed by atoms with E-state index in [1.165, 1.54) is 23.2 Å². The number of hydrogen-bond acceptors (Lipinski definition) is 7. The minimum absolute atomic E-state index is 0.0494. The predicted molar refractivity (Wildman–Crippen MR) is 145 cm³/mol. The van der Waals surface area contributed by atoms with Crippen LogP contribution in [0.3, 0.4) is 0 Å². The fourth-order valence-electron chi connectivity index (χ4n) is 5.14. The van der Waals surface area contributed by atoms with Crippen molar-refractivity contribution in [1.82, 2.24) is 14.7 Å². The van der Waals surface area contributed by atoms with Crippen molar-refractivity contribution in [3.8, 4) is 17.2 Å². The quantitative estimate of drug-likeness (QED) is 0.197. The summed E-state index contributed by atoms with van der Waals surface area (Å²) in [5, 5.41) is 13.4. The lowest BCUT2D eigenvalue weighted by atomic mass is 9.81. The lowest BCUT2D eigenvalue weighted by Gasteiger charge is -2.35. The monoisotopic (exact) mass is 612 g/mol. The molecule has 0 saturated carbocycles. The zero-order valence-electron chi connectivity index (χ0n) is 22.9. The molecule has 3 heterocycles. The number of aryl methyl sites for hydroxylation is 1. The second-order valence-electron chi connectivity index (χ2n) is 9.39. The van der Waals surface area contributed by atoms with Crippen LogP contribution in [0.4, 0.5) is 17.6 Å². The number of halogens is 4. The van der Waals surface area contributed by atoms with Gasteiger partial charge in [0.1, 0.15) is 22.9 Å². The van der Waals surface area contributed by atoms with Crippen LogP contribution in [0.15, 0.2) is 24.4 Å². The molecule has 0 N–H and O–H groups in total. The Hall–Kier alpha value is -3.04. The lowest BCUT2D eigenvalue weighted by molar-refractivity contribution is -0.141. The minimum atomic E-state index is -4.85. The zero-order valence-corrected chi connectivity index (χ0v) is 24.6. The fraction of sp³-hybridized carbons (Fsp3) is 0.444. The summed E-state index contributed by atoms with van der Waals surface area (Å²) < 4.78 is 82.5. The van der Waals surface area contributed by atoms with Crippen LogP contribution in [-0.4, -0.2) is 46.5 Å². The molecule has 3 aromatic rings. The average Bonchev–Trinajstić information content (AvgIpc) is 3.49.